The number of benzene rings is 1. The van der Waals surface area contributed by atoms with Crippen molar-refractivity contribution in [1.29, 1.82) is 0 Å². The van der Waals surface area contributed by atoms with Gasteiger partial charge in [-0.1, -0.05) is 24.9 Å². The monoisotopic (exact) mass is 285 g/mol. The van der Waals surface area contributed by atoms with Crippen molar-refractivity contribution in [3.05, 3.63) is 34.6 Å². The van der Waals surface area contributed by atoms with Crippen LogP contribution in [-0.4, -0.2) is 12.3 Å². The van der Waals surface area contributed by atoms with E-state index in [4.69, 9.17) is 17.3 Å². The van der Waals surface area contributed by atoms with Crippen LogP contribution in [0.3, 0.4) is 0 Å². The summed E-state index contributed by atoms with van der Waals surface area (Å²) in [5, 5.41) is 0.448. The quantitative estimate of drug-likeness (QED) is 0.790. The molecule has 0 spiro atoms. The molecule has 106 valence electrons. The molecule has 0 aliphatic rings. The van der Waals surface area contributed by atoms with Crippen molar-refractivity contribution in [2.24, 2.45) is 11.7 Å². The van der Waals surface area contributed by atoms with E-state index in [9.17, 15) is 9.18 Å². The third kappa shape index (κ3) is 5.70. The molecule has 0 amide bonds. The van der Waals surface area contributed by atoms with E-state index in [2.05, 4.69) is 6.92 Å². The number of ketones is 1. The van der Waals surface area contributed by atoms with Crippen LogP contribution in [0.2, 0.25) is 5.02 Å². The van der Waals surface area contributed by atoms with E-state index < -0.39 is 0 Å². The zero-order valence-electron chi connectivity index (χ0n) is 11.3. The first-order valence-corrected chi connectivity index (χ1v) is 7.10. The summed E-state index contributed by atoms with van der Waals surface area (Å²) in [6.45, 7) is 2.76. The Morgan fingerprint density at radius 1 is 1.42 bits per heavy atom. The summed E-state index contributed by atoms with van der Waals surface area (Å²) in [4.78, 5) is 11.9. The average molecular weight is 286 g/mol. The number of rotatable bonds is 8. The molecule has 2 nitrogen and oxygen atoms in total. The average Bonchev–Trinajstić information content (AvgIpc) is 2.39. The minimum absolute atomic E-state index is 0.1000. The van der Waals surface area contributed by atoms with Gasteiger partial charge in [0.25, 0.3) is 0 Å². The van der Waals surface area contributed by atoms with Gasteiger partial charge < -0.3 is 5.73 Å². The Kier molecular flexibility index (Phi) is 7.03. The van der Waals surface area contributed by atoms with Gasteiger partial charge in [-0.05, 0) is 49.1 Å². The first-order chi connectivity index (χ1) is 9.06. The van der Waals surface area contributed by atoms with Crippen molar-refractivity contribution in [3.8, 4) is 0 Å². The largest absolute Gasteiger partial charge is 0.330 e. The van der Waals surface area contributed by atoms with Crippen molar-refractivity contribution in [2.75, 3.05) is 6.54 Å². The highest BCUT2D eigenvalue weighted by molar-refractivity contribution is 6.31. The molecule has 19 heavy (non-hydrogen) atoms. The molecule has 2 N–H and O–H groups in total. The lowest BCUT2D eigenvalue weighted by molar-refractivity contribution is -0.118. The van der Waals surface area contributed by atoms with E-state index in [1.807, 2.05) is 0 Å². The predicted octanol–water partition coefficient (Wildman–Crippen LogP) is 3.75. The Balaban J connectivity index is 2.48. The van der Waals surface area contributed by atoms with Gasteiger partial charge in [-0.15, -0.1) is 0 Å². The van der Waals surface area contributed by atoms with E-state index in [1.165, 1.54) is 18.2 Å². The Morgan fingerprint density at radius 3 is 2.79 bits per heavy atom. The lowest BCUT2D eigenvalue weighted by atomic mass is 9.94. The van der Waals surface area contributed by atoms with Crippen LogP contribution >= 0.6 is 11.6 Å². The topological polar surface area (TPSA) is 43.1 Å². The minimum Gasteiger partial charge on any atom is -0.330 e. The number of nitrogens with two attached hydrogens (primary N) is 1. The van der Waals surface area contributed by atoms with Crippen molar-refractivity contribution < 1.29 is 9.18 Å². The highest BCUT2D eigenvalue weighted by Gasteiger charge is 2.11. The maximum Gasteiger partial charge on any atom is 0.137 e. The van der Waals surface area contributed by atoms with E-state index in [1.54, 1.807) is 0 Å². The van der Waals surface area contributed by atoms with Crippen LogP contribution in [0.1, 0.15) is 38.2 Å². The molecular weight excluding hydrogens is 265 g/mol. The second-order valence-corrected chi connectivity index (χ2v) is 5.25. The first-order valence-electron chi connectivity index (χ1n) is 6.72. The Bertz CT molecular complexity index is 423. The van der Waals surface area contributed by atoms with Gasteiger partial charge in [0, 0.05) is 17.9 Å². The fraction of sp³-hybridized carbons (Fsp3) is 0.533. The maximum atomic E-state index is 13.1. The fourth-order valence-electron chi connectivity index (χ4n) is 2.13. The van der Waals surface area contributed by atoms with E-state index in [0.717, 1.165) is 19.3 Å². The molecule has 0 radical (unpaired) electrons. The first kappa shape index (κ1) is 16.1. The third-order valence-electron chi connectivity index (χ3n) is 3.38. The van der Waals surface area contributed by atoms with Gasteiger partial charge in [-0.3, -0.25) is 4.79 Å². The Labute approximate surface area is 119 Å². The number of carbonyl (C=O) groups is 1. The maximum absolute atomic E-state index is 13.1. The summed E-state index contributed by atoms with van der Waals surface area (Å²) in [7, 11) is 0. The molecule has 0 heterocycles. The molecule has 0 saturated heterocycles. The van der Waals surface area contributed by atoms with Crippen LogP contribution in [0.5, 0.6) is 0 Å². The van der Waals surface area contributed by atoms with Gasteiger partial charge in [0.05, 0.1) is 0 Å². The summed E-state index contributed by atoms with van der Waals surface area (Å²) in [6, 6.07) is 4.12. The second kappa shape index (κ2) is 8.28. The summed E-state index contributed by atoms with van der Waals surface area (Å²) in [6.07, 6.45) is 3.54. The highest BCUT2D eigenvalue weighted by atomic mass is 35.5. The predicted molar refractivity (Wildman–Crippen MR) is 76.8 cm³/mol. The SMILES string of the molecule is CCC(CCN)CCC(=O)Cc1cc(F)ccc1Cl. The van der Waals surface area contributed by atoms with E-state index in [-0.39, 0.29) is 18.0 Å². The zero-order chi connectivity index (χ0) is 14.3. The standard InChI is InChI=1S/C15H21ClFNO/c1-2-11(7-8-18)3-5-14(19)10-12-9-13(17)4-6-15(12)16/h4,6,9,11H,2-3,5,7-8,10,18H2,1H3. The smallest absolute Gasteiger partial charge is 0.137 e. The summed E-state index contributed by atoms with van der Waals surface area (Å²) >= 11 is 5.94. The summed E-state index contributed by atoms with van der Waals surface area (Å²) in [5.41, 5.74) is 6.10. The molecule has 0 aromatic heterocycles. The molecule has 0 aliphatic heterocycles. The van der Waals surface area contributed by atoms with Gasteiger partial charge >= 0.3 is 0 Å². The van der Waals surface area contributed by atoms with Crippen molar-refractivity contribution in [2.45, 2.75) is 39.0 Å². The van der Waals surface area contributed by atoms with Gasteiger partial charge in [0.15, 0.2) is 0 Å². The molecule has 0 fully saturated rings. The molecular formula is C15H21ClFNO. The van der Waals surface area contributed by atoms with Gasteiger partial charge in [-0.25, -0.2) is 4.39 Å². The van der Waals surface area contributed by atoms with Crippen LogP contribution in [0.4, 0.5) is 4.39 Å². The number of hydrogen-bond acceptors (Lipinski definition) is 2. The van der Waals surface area contributed by atoms with Crippen LogP contribution in [0.15, 0.2) is 18.2 Å². The number of Topliss-reactive ketones (excluding diaryl/α,β-unsaturated/α-hetero) is 1. The molecule has 1 aromatic rings. The van der Waals surface area contributed by atoms with Gasteiger partial charge in [-0.2, -0.15) is 0 Å². The molecule has 1 rings (SSSR count). The molecule has 1 aromatic carbocycles. The van der Waals surface area contributed by atoms with Gasteiger partial charge in [0.2, 0.25) is 0 Å². The molecule has 0 bridgehead atoms. The molecule has 4 heteroatoms. The van der Waals surface area contributed by atoms with Crippen molar-refractivity contribution in [3.63, 3.8) is 0 Å². The number of hydrogen-bond donors (Lipinski definition) is 1. The molecule has 0 aliphatic carbocycles. The van der Waals surface area contributed by atoms with E-state index in [0.29, 0.717) is 29.5 Å². The fourth-order valence-corrected chi connectivity index (χ4v) is 2.32. The third-order valence-corrected chi connectivity index (χ3v) is 3.75. The molecule has 0 saturated carbocycles. The summed E-state index contributed by atoms with van der Waals surface area (Å²) in [5.74, 6) is 0.238. The molecule has 1 atom stereocenters. The van der Waals surface area contributed by atoms with Crippen molar-refractivity contribution >= 4 is 17.4 Å². The van der Waals surface area contributed by atoms with Crippen LogP contribution in [0.25, 0.3) is 0 Å². The zero-order valence-corrected chi connectivity index (χ0v) is 12.0. The lowest BCUT2D eigenvalue weighted by Crippen LogP contribution is -2.11. The van der Waals surface area contributed by atoms with E-state index >= 15 is 0 Å². The van der Waals surface area contributed by atoms with Crippen LogP contribution < -0.4 is 5.73 Å². The van der Waals surface area contributed by atoms with Crippen molar-refractivity contribution in [1.82, 2.24) is 0 Å². The van der Waals surface area contributed by atoms with Gasteiger partial charge in [0.1, 0.15) is 11.6 Å². The number of carbonyl (C=O) groups excluding carboxylic acids is 1. The Hall–Kier alpha value is -0.930. The Morgan fingerprint density at radius 2 is 2.16 bits per heavy atom. The molecule has 1 unspecified atom stereocenters. The summed E-state index contributed by atoms with van der Waals surface area (Å²) < 4.78 is 13.1. The van der Waals surface area contributed by atoms with Crippen LogP contribution in [-0.2, 0) is 11.2 Å². The number of halogens is 2. The second-order valence-electron chi connectivity index (χ2n) is 4.84. The highest BCUT2D eigenvalue weighted by Crippen LogP contribution is 2.20. The minimum atomic E-state index is -0.359. The lowest BCUT2D eigenvalue weighted by Gasteiger charge is -2.12. The normalized spacial score (nSPS) is 12.4. The van der Waals surface area contributed by atoms with Crippen LogP contribution in [0, 0.1) is 11.7 Å².